The maximum absolute atomic E-state index is 13.1. The van der Waals surface area contributed by atoms with E-state index in [1.165, 1.54) is 96.3 Å². The van der Waals surface area contributed by atoms with E-state index in [1.807, 2.05) is 6.08 Å². The lowest BCUT2D eigenvalue weighted by molar-refractivity contribution is -0.302. The molecule has 7 atom stereocenters. The van der Waals surface area contributed by atoms with Gasteiger partial charge in [0.15, 0.2) is 6.29 Å². The quantitative estimate of drug-likeness (QED) is 0.0261. The molecule has 1 aliphatic rings. The van der Waals surface area contributed by atoms with Crippen LogP contribution in [-0.4, -0.2) is 87.5 Å². The van der Waals surface area contributed by atoms with Crippen molar-refractivity contribution < 1.29 is 39.8 Å². The minimum Gasteiger partial charge on any atom is -0.394 e. The number of carbonyl (C=O) groups excluding carboxylic acids is 1. The molecule has 406 valence electrons. The Hall–Kier alpha value is -3.15. The fourth-order valence-electron chi connectivity index (χ4n) is 8.33. The molecule has 7 unspecified atom stereocenters. The first-order chi connectivity index (χ1) is 34.8. The van der Waals surface area contributed by atoms with Crippen LogP contribution in [0, 0.1) is 0 Å². The van der Waals surface area contributed by atoms with E-state index < -0.39 is 49.5 Å². The highest BCUT2D eigenvalue weighted by atomic mass is 16.7. The minimum atomic E-state index is -1.58. The predicted octanol–water partition coefficient (Wildman–Crippen LogP) is 14.2. The summed E-state index contributed by atoms with van der Waals surface area (Å²) in [5.74, 6) is -0.209. The summed E-state index contributed by atoms with van der Waals surface area (Å²) in [5.41, 5.74) is 0. The average Bonchev–Trinajstić information content (AvgIpc) is 3.37. The fourth-order valence-corrected chi connectivity index (χ4v) is 8.33. The van der Waals surface area contributed by atoms with Gasteiger partial charge >= 0.3 is 0 Å². The molecule has 0 spiro atoms. The number of ether oxygens (including phenoxy) is 2. The van der Waals surface area contributed by atoms with Gasteiger partial charge in [-0.05, 0) is 89.9 Å². The third kappa shape index (κ3) is 40.0. The zero-order valence-corrected chi connectivity index (χ0v) is 44.9. The van der Waals surface area contributed by atoms with Gasteiger partial charge in [-0.1, -0.05) is 232 Å². The average molecular weight is 993 g/mol. The number of aliphatic hydroxyl groups excluding tert-OH is 5. The molecule has 0 saturated carbocycles. The molecule has 1 fully saturated rings. The van der Waals surface area contributed by atoms with Crippen molar-refractivity contribution in [2.75, 3.05) is 13.2 Å². The van der Waals surface area contributed by atoms with Crippen molar-refractivity contribution in [3.05, 3.63) is 109 Å². The van der Waals surface area contributed by atoms with Gasteiger partial charge in [-0.25, -0.2) is 0 Å². The Morgan fingerprint density at radius 3 is 1.35 bits per heavy atom. The van der Waals surface area contributed by atoms with Crippen LogP contribution in [0.15, 0.2) is 109 Å². The van der Waals surface area contributed by atoms with E-state index in [-0.39, 0.29) is 12.5 Å². The van der Waals surface area contributed by atoms with Crippen LogP contribution in [0.1, 0.15) is 219 Å². The van der Waals surface area contributed by atoms with E-state index in [0.717, 1.165) is 103 Å². The molecule has 1 aliphatic heterocycles. The molecular formula is C62H105NO8. The van der Waals surface area contributed by atoms with Gasteiger partial charge < -0.3 is 40.3 Å². The number of nitrogens with one attached hydrogen (secondary N) is 1. The molecule has 0 aromatic rings. The minimum absolute atomic E-state index is 0.209. The van der Waals surface area contributed by atoms with Crippen molar-refractivity contribution in [3.8, 4) is 0 Å². The Balaban J connectivity index is 2.30. The lowest BCUT2D eigenvalue weighted by Crippen LogP contribution is -2.60. The number of aliphatic hydroxyl groups is 5. The third-order valence-electron chi connectivity index (χ3n) is 12.8. The van der Waals surface area contributed by atoms with Gasteiger partial charge in [0, 0.05) is 6.42 Å². The largest absolute Gasteiger partial charge is 0.394 e. The first kappa shape index (κ1) is 65.9. The lowest BCUT2D eigenvalue weighted by Gasteiger charge is -2.40. The monoisotopic (exact) mass is 992 g/mol. The van der Waals surface area contributed by atoms with Crippen LogP contribution >= 0.6 is 0 Å². The van der Waals surface area contributed by atoms with Crippen LogP contribution in [0.5, 0.6) is 0 Å². The molecular weight excluding hydrogens is 887 g/mol. The van der Waals surface area contributed by atoms with E-state index in [2.05, 4.69) is 116 Å². The highest BCUT2D eigenvalue weighted by Gasteiger charge is 2.44. The fraction of sp³-hybridized carbons (Fsp3) is 0.694. The molecule has 0 bridgehead atoms. The van der Waals surface area contributed by atoms with Gasteiger partial charge in [-0.2, -0.15) is 0 Å². The van der Waals surface area contributed by atoms with Crippen LogP contribution in [0.4, 0.5) is 0 Å². The van der Waals surface area contributed by atoms with Crippen LogP contribution in [0.25, 0.3) is 0 Å². The normalized spacial score (nSPS) is 20.1. The Bertz CT molecular complexity index is 1480. The Labute approximate surface area is 434 Å². The SMILES string of the molecule is CC/C=C\C/C=C\C/C=C\C/C=C\C/C=C\C/C=C\C/C=C\CCCCCCCC(=O)NC(COC1OC(CO)C(O)C(O)C1O)C(O)/C=C/CC/C=C/CCCCCCCCCCCCCCCCC. The molecule has 71 heavy (non-hydrogen) atoms. The second-order valence-electron chi connectivity index (χ2n) is 19.3. The van der Waals surface area contributed by atoms with Crippen molar-refractivity contribution in [1.82, 2.24) is 5.32 Å². The summed E-state index contributed by atoms with van der Waals surface area (Å²) in [6.45, 7) is 3.64. The molecule has 1 heterocycles. The van der Waals surface area contributed by atoms with E-state index in [0.29, 0.717) is 6.42 Å². The first-order valence-corrected chi connectivity index (χ1v) is 28.6. The van der Waals surface area contributed by atoms with Gasteiger partial charge in [-0.3, -0.25) is 4.79 Å². The lowest BCUT2D eigenvalue weighted by atomic mass is 9.99. The van der Waals surface area contributed by atoms with Crippen LogP contribution in [0.3, 0.4) is 0 Å². The summed E-state index contributed by atoms with van der Waals surface area (Å²) >= 11 is 0. The van der Waals surface area contributed by atoms with Gasteiger partial charge in [0.1, 0.15) is 24.4 Å². The molecule has 9 heteroatoms. The maximum Gasteiger partial charge on any atom is 0.220 e. The highest BCUT2D eigenvalue weighted by molar-refractivity contribution is 5.76. The zero-order chi connectivity index (χ0) is 51.5. The Morgan fingerprint density at radius 2 is 0.887 bits per heavy atom. The summed E-state index contributed by atoms with van der Waals surface area (Å²) < 4.78 is 11.2. The van der Waals surface area contributed by atoms with Gasteiger partial charge in [0.05, 0.1) is 25.4 Å². The molecule has 1 saturated heterocycles. The number of rotatable bonds is 47. The van der Waals surface area contributed by atoms with Crippen molar-refractivity contribution in [2.45, 2.75) is 262 Å². The smallest absolute Gasteiger partial charge is 0.220 e. The van der Waals surface area contributed by atoms with E-state index in [9.17, 15) is 30.3 Å². The Morgan fingerprint density at radius 1 is 0.493 bits per heavy atom. The zero-order valence-electron chi connectivity index (χ0n) is 44.9. The third-order valence-corrected chi connectivity index (χ3v) is 12.8. The number of hydrogen-bond donors (Lipinski definition) is 6. The summed E-state index contributed by atoms with van der Waals surface area (Å²) in [6.07, 6.45) is 67.1. The summed E-state index contributed by atoms with van der Waals surface area (Å²) in [4.78, 5) is 13.1. The molecule has 0 aliphatic carbocycles. The van der Waals surface area contributed by atoms with Crippen molar-refractivity contribution >= 4 is 5.91 Å². The van der Waals surface area contributed by atoms with E-state index in [1.54, 1.807) is 6.08 Å². The number of carbonyl (C=O) groups is 1. The Kier molecular flexibility index (Phi) is 46.7. The summed E-state index contributed by atoms with van der Waals surface area (Å²) in [5, 5.41) is 54.5. The predicted molar refractivity (Wildman–Crippen MR) is 299 cm³/mol. The van der Waals surface area contributed by atoms with Gasteiger partial charge in [-0.15, -0.1) is 0 Å². The van der Waals surface area contributed by atoms with Crippen molar-refractivity contribution in [3.63, 3.8) is 0 Å². The molecule has 0 radical (unpaired) electrons. The molecule has 1 amide bonds. The number of unbranched alkanes of at least 4 members (excludes halogenated alkanes) is 21. The number of amides is 1. The molecule has 0 aromatic heterocycles. The van der Waals surface area contributed by atoms with Gasteiger partial charge in [0.25, 0.3) is 0 Å². The topological polar surface area (TPSA) is 149 Å². The first-order valence-electron chi connectivity index (χ1n) is 28.6. The highest BCUT2D eigenvalue weighted by Crippen LogP contribution is 2.23. The van der Waals surface area contributed by atoms with Crippen molar-refractivity contribution in [2.24, 2.45) is 0 Å². The van der Waals surface area contributed by atoms with Crippen LogP contribution < -0.4 is 5.32 Å². The molecule has 9 nitrogen and oxygen atoms in total. The molecule has 6 N–H and O–H groups in total. The van der Waals surface area contributed by atoms with Gasteiger partial charge in [0.2, 0.25) is 5.91 Å². The summed E-state index contributed by atoms with van der Waals surface area (Å²) in [7, 11) is 0. The molecule has 0 aromatic carbocycles. The number of hydrogen-bond acceptors (Lipinski definition) is 8. The standard InChI is InChI=1S/C62H105NO8/c1-3-5-7-9-11-13-15-17-19-21-23-25-26-27-28-29-30-32-34-36-38-40-42-44-46-48-50-52-58(66)63-55(54-70-62-61(69)60(68)59(67)57(53-64)71-62)56(65)51-49-47-45-43-41-39-37-35-33-31-24-22-20-18-16-14-12-10-8-6-4-2/h5,7,11,13,17,19,23,25,27-28,30,32,36,38,41,43,49,51,55-57,59-62,64-65,67-69H,3-4,6,8-10,12,14-16,18,20-22,24,26,29,31,33-35,37,39-40,42,44-48,50,52-54H2,1-2H3,(H,63,66)/b7-5-,13-11-,19-17-,25-23-,28-27-,32-30-,38-36-,43-41+,51-49+. The second-order valence-corrected chi connectivity index (χ2v) is 19.3. The maximum atomic E-state index is 13.1. The van der Waals surface area contributed by atoms with Crippen molar-refractivity contribution in [1.29, 1.82) is 0 Å². The summed E-state index contributed by atoms with van der Waals surface area (Å²) in [6, 6.07) is -0.841. The van der Waals surface area contributed by atoms with Crippen LogP contribution in [-0.2, 0) is 14.3 Å². The molecule has 1 rings (SSSR count). The number of allylic oxidation sites excluding steroid dienone is 17. The second kappa shape index (κ2) is 50.4. The van der Waals surface area contributed by atoms with E-state index in [4.69, 9.17) is 9.47 Å². The van der Waals surface area contributed by atoms with Crippen LogP contribution in [0.2, 0.25) is 0 Å². The van der Waals surface area contributed by atoms with E-state index >= 15 is 0 Å².